The molecule has 1 N–H and O–H groups in total. The summed E-state index contributed by atoms with van der Waals surface area (Å²) in [5.74, 6) is 2.55. The van der Waals surface area contributed by atoms with E-state index in [1.165, 1.54) is 38.5 Å². The topological polar surface area (TPSA) is 20.2 Å². The molecule has 2 rings (SSSR count). The van der Waals surface area contributed by atoms with Crippen LogP contribution in [0.1, 0.15) is 38.5 Å². The summed E-state index contributed by atoms with van der Waals surface area (Å²) in [5.41, 5.74) is 0. The molecule has 11 heavy (non-hydrogen) atoms. The van der Waals surface area contributed by atoms with Crippen molar-refractivity contribution >= 4 is 0 Å². The van der Waals surface area contributed by atoms with Gasteiger partial charge in [0.1, 0.15) is 0 Å². The second-order valence-electron chi connectivity index (χ2n) is 4.23. The van der Waals surface area contributed by atoms with Crippen molar-refractivity contribution in [2.24, 2.45) is 17.8 Å². The molecule has 0 unspecified atom stereocenters. The van der Waals surface area contributed by atoms with Crippen molar-refractivity contribution in [3.63, 3.8) is 0 Å². The van der Waals surface area contributed by atoms with Crippen LogP contribution >= 0.6 is 0 Å². The Labute approximate surface area is 68.8 Å². The lowest BCUT2D eigenvalue weighted by atomic mass is 9.74. The first kappa shape index (κ1) is 7.60. The van der Waals surface area contributed by atoms with Crippen LogP contribution in [0.5, 0.6) is 0 Å². The fourth-order valence-corrected chi connectivity index (χ4v) is 3.13. The van der Waals surface area contributed by atoms with Crippen molar-refractivity contribution in [2.75, 3.05) is 6.61 Å². The summed E-state index contributed by atoms with van der Waals surface area (Å²) in [6.45, 7) is 0.446. The van der Waals surface area contributed by atoms with Gasteiger partial charge in [0, 0.05) is 6.61 Å². The molecule has 2 fully saturated rings. The number of hydrogen-bond donors (Lipinski definition) is 1. The number of rotatable bonds is 1. The second-order valence-corrected chi connectivity index (χ2v) is 4.23. The van der Waals surface area contributed by atoms with E-state index in [4.69, 9.17) is 5.11 Å². The van der Waals surface area contributed by atoms with E-state index >= 15 is 0 Å². The Kier molecular flexibility index (Phi) is 2.17. The van der Waals surface area contributed by atoms with Crippen molar-refractivity contribution in [1.82, 2.24) is 0 Å². The number of fused-ring (bicyclic) bond motifs is 1. The Balaban J connectivity index is 2.00. The molecular weight excluding hydrogens is 136 g/mol. The molecule has 1 heteroatoms. The Bertz CT molecular complexity index is 133. The minimum absolute atomic E-state index is 0.446. The molecular formula is C10H18O. The highest BCUT2D eigenvalue weighted by Gasteiger charge is 2.35. The molecule has 0 amide bonds. The molecule has 2 aliphatic rings. The third-order valence-corrected chi connectivity index (χ3v) is 3.71. The zero-order valence-corrected chi connectivity index (χ0v) is 7.13. The van der Waals surface area contributed by atoms with Gasteiger partial charge >= 0.3 is 0 Å². The van der Waals surface area contributed by atoms with Gasteiger partial charge in [0.05, 0.1) is 0 Å². The summed E-state index contributed by atoms with van der Waals surface area (Å²) >= 11 is 0. The maximum absolute atomic E-state index is 9.14. The van der Waals surface area contributed by atoms with Gasteiger partial charge in [-0.1, -0.05) is 25.7 Å². The van der Waals surface area contributed by atoms with Crippen molar-refractivity contribution in [2.45, 2.75) is 38.5 Å². The van der Waals surface area contributed by atoms with Crippen molar-refractivity contribution < 1.29 is 5.11 Å². The lowest BCUT2D eigenvalue weighted by molar-refractivity contribution is 0.108. The molecule has 64 valence electrons. The largest absolute Gasteiger partial charge is 0.396 e. The lowest BCUT2D eigenvalue weighted by Gasteiger charge is -2.32. The molecule has 2 aliphatic carbocycles. The summed E-state index contributed by atoms with van der Waals surface area (Å²) in [6, 6.07) is 0. The van der Waals surface area contributed by atoms with Crippen molar-refractivity contribution in [1.29, 1.82) is 0 Å². The molecule has 3 atom stereocenters. The Hall–Kier alpha value is -0.0400. The summed E-state index contributed by atoms with van der Waals surface area (Å²) in [7, 11) is 0. The summed E-state index contributed by atoms with van der Waals surface area (Å²) in [4.78, 5) is 0. The predicted molar refractivity (Wildman–Crippen MR) is 45.3 cm³/mol. The molecule has 2 saturated carbocycles. The average Bonchev–Trinajstić information content (AvgIpc) is 2.50. The molecule has 0 heterocycles. The van der Waals surface area contributed by atoms with Crippen molar-refractivity contribution in [3.8, 4) is 0 Å². The first-order chi connectivity index (χ1) is 5.42. The van der Waals surface area contributed by atoms with Crippen LogP contribution in [-0.4, -0.2) is 11.7 Å². The maximum atomic E-state index is 9.14. The molecule has 1 nitrogen and oxygen atoms in total. The van der Waals surface area contributed by atoms with Gasteiger partial charge < -0.3 is 5.11 Å². The number of hydrogen-bond acceptors (Lipinski definition) is 1. The van der Waals surface area contributed by atoms with E-state index in [0.29, 0.717) is 12.5 Å². The van der Waals surface area contributed by atoms with E-state index in [2.05, 4.69) is 0 Å². The number of aliphatic hydroxyl groups is 1. The molecule has 0 radical (unpaired) electrons. The zero-order chi connectivity index (χ0) is 7.68. The van der Waals surface area contributed by atoms with Gasteiger partial charge in [-0.05, 0) is 30.6 Å². The van der Waals surface area contributed by atoms with Crippen LogP contribution in [0, 0.1) is 17.8 Å². The van der Waals surface area contributed by atoms with Crippen LogP contribution < -0.4 is 0 Å². The Morgan fingerprint density at radius 3 is 2.45 bits per heavy atom. The van der Waals surface area contributed by atoms with Gasteiger partial charge in [0.25, 0.3) is 0 Å². The monoisotopic (exact) mass is 154 g/mol. The van der Waals surface area contributed by atoms with Gasteiger partial charge in [0.2, 0.25) is 0 Å². The zero-order valence-electron chi connectivity index (χ0n) is 7.13. The van der Waals surface area contributed by atoms with Crippen LogP contribution in [0.4, 0.5) is 0 Å². The van der Waals surface area contributed by atoms with E-state index in [1.807, 2.05) is 0 Å². The second kappa shape index (κ2) is 3.14. The average molecular weight is 154 g/mol. The first-order valence-corrected chi connectivity index (χ1v) is 5.02. The molecule has 0 bridgehead atoms. The molecule has 0 aromatic heterocycles. The van der Waals surface area contributed by atoms with Gasteiger partial charge in [-0.2, -0.15) is 0 Å². The lowest BCUT2D eigenvalue weighted by Crippen LogP contribution is -2.26. The molecule has 0 aromatic carbocycles. The van der Waals surface area contributed by atoms with E-state index in [9.17, 15) is 0 Å². The van der Waals surface area contributed by atoms with Crippen LogP contribution in [0.15, 0.2) is 0 Å². The van der Waals surface area contributed by atoms with E-state index in [-0.39, 0.29) is 0 Å². The minimum Gasteiger partial charge on any atom is -0.396 e. The minimum atomic E-state index is 0.446. The molecule has 0 spiro atoms. The highest BCUT2D eigenvalue weighted by molar-refractivity contribution is 4.86. The van der Waals surface area contributed by atoms with Crippen LogP contribution in [0.3, 0.4) is 0 Å². The third-order valence-electron chi connectivity index (χ3n) is 3.71. The van der Waals surface area contributed by atoms with Crippen LogP contribution in [0.25, 0.3) is 0 Å². The number of aliphatic hydroxyl groups excluding tert-OH is 1. The van der Waals surface area contributed by atoms with Crippen LogP contribution in [0.2, 0.25) is 0 Å². The fourth-order valence-electron chi connectivity index (χ4n) is 3.13. The SMILES string of the molecule is OC[C@@H]1CCC[C@@H]2CCC[C@@H]21. The summed E-state index contributed by atoms with van der Waals surface area (Å²) in [5, 5.41) is 9.14. The molecule has 0 saturated heterocycles. The van der Waals surface area contributed by atoms with Gasteiger partial charge in [-0.25, -0.2) is 0 Å². The fraction of sp³-hybridized carbons (Fsp3) is 1.00. The Morgan fingerprint density at radius 1 is 1.00 bits per heavy atom. The standard InChI is InChI=1S/C10H18O/c11-7-9-5-1-3-8-4-2-6-10(8)9/h8-11H,1-7H2/t8-,9+,10+/m1/s1. The highest BCUT2D eigenvalue weighted by Crippen LogP contribution is 2.44. The molecule has 0 aliphatic heterocycles. The van der Waals surface area contributed by atoms with Gasteiger partial charge in [-0.3, -0.25) is 0 Å². The van der Waals surface area contributed by atoms with Crippen molar-refractivity contribution in [3.05, 3.63) is 0 Å². The van der Waals surface area contributed by atoms with E-state index < -0.39 is 0 Å². The normalized spacial score (nSPS) is 43.9. The quantitative estimate of drug-likeness (QED) is 0.614. The Morgan fingerprint density at radius 2 is 1.73 bits per heavy atom. The van der Waals surface area contributed by atoms with Crippen LogP contribution in [-0.2, 0) is 0 Å². The maximum Gasteiger partial charge on any atom is 0.0462 e. The van der Waals surface area contributed by atoms with E-state index in [0.717, 1.165) is 11.8 Å². The van der Waals surface area contributed by atoms with E-state index in [1.54, 1.807) is 0 Å². The highest BCUT2D eigenvalue weighted by atomic mass is 16.3. The smallest absolute Gasteiger partial charge is 0.0462 e. The van der Waals surface area contributed by atoms with Gasteiger partial charge in [-0.15, -0.1) is 0 Å². The summed E-state index contributed by atoms with van der Waals surface area (Å²) < 4.78 is 0. The summed E-state index contributed by atoms with van der Waals surface area (Å²) in [6.07, 6.45) is 8.37. The third kappa shape index (κ3) is 1.31. The molecule has 0 aromatic rings. The predicted octanol–water partition coefficient (Wildman–Crippen LogP) is 2.20. The first-order valence-electron chi connectivity index (χ1n) is 5.02. The van der Waals surface area contributed by atoms with Gasteiger partial charge in [0.15, 0.2) is 0 Å².